The number of fused-ring (bicyclic) bond motifs is 1. The maximum Gasteiger partial charge on any atom is 0.414 e. The van der Waals surface area contributed by atoms with E-state index in [9.17, 15) is 14.7 Å². The van der Waals surface area contributed by atoms with Gasteiger partial charge in [-0.15, -0.1) is 11.3 Å². The number of ether oxygens (including phenoxy) is 1. The summed E-state index contributed by atoms with van der Waals surface area (Å²) in [6.45, 7) is 6.30. The van der Waals surface area contributed by atoms with E-state index < -0.39 is 24.0 Å². The van der Waals surface area contributed by atoms with Gasteiger partial charge in [0.25, 0.3) is 0 Å². The van der Waals surface area contributed by atoms with E-state index in [-0.39, 0.29) is 12.5 Å². The van der Waals surface area contributed by atoms with Crippen molar-refractivity contribution >= 4 is 44.9 Å². The first-order valence-electron chi connectivity index (χ1n) is 12.0. The standard InChI is InChI=1S/C26H33N5O4S/c1-26(2,3)35-25(34)31(17-8-5-4-6-9-17)16-22(32)30-13-7-10-20(30)24(33)29-15-18-14-19-21(36-18)11-12-28-23(19)27/h4-6,8-9,11-12,14,20,22,32H,7,10,13,15-16H2,1-3H3,(H2,27,28)(H,29,33)/t20-,22?/m0/s1. The van der Waals surface area contributed by atoms with E-state index in [1.165, 1.54) is 4.90 Å². The second-order valence-electron chi connectivity index (χ2n) is 9.84. The number of nitrogens with zero attached hydrogens (tertiary/aromatic N) is 3. The van der Waals surface area contributed by atoms with Crippen molar-refractivity contribution in [1.82, 2.24) is 15.2 Å². The second-order valence-corrected chi connectivity index (χ2v) is 11.0. The maximum absolute atomic E-state index is 13.1. The fourth-order valence-electron chi connectivity index (χ4n) is 4.32. The van der Waals surface area contributed by atoms with Gasteiger partial charge in [0.1, 0.15) is 17.6 Å². The number of nitrogen functional groups attached to an aromatic ring is 1. The number of anilines is 2. The Morgan fingerprint density at radius 2 is 2.06 bits per heavy atom. The lowest BCUT2D eigenvalue weighted by Gasteiger charge is -2.33. The lowest BCUT2D eigenvalue weighted by molar-refractivity contribution is -0.129. The van der Waals surface area contributed by atoms with Crippen LogP contribution in [0.5, 0.6) is 0 Å². The van der Waals surface area contributed by atoms with Gasteiger partial charge in [-0.3, -0.25) is 14.6 Å². The number of para-hydroxylation sites is 1. The summed E-state index contributed by atoms with van der Waals surface area (Å²) in [5.74, 6) is 0.318. The van der Waals surface area contributed by atoms with Gasteiger partial charge in [0.15, 0.2) is 0 Å². The number of hydrogen-bond acceptors (Lipinski definition) is 8. The largest absolute Gasteiger partial charge is 0.443 e. The molecule has 1 aromatic carbocycles. The highest BCUT2D eigenvalue weighted by molar-refractivity contribution is 7.19. The molecule has 2 aromatic heterocycles. The Bertz CT molecular complexity index is 1210. The molecule has 4 rings (SSSR count). The van der Waals surface area contributed by atoms with Crippen molar-refractivity contribution in [3.63, 3.8) is 0 Å². The zero-order chi connectivity index (χ0) is 25.9. The third-order valence-electron chi connectivity index (χ3n) is 5.97. The summed E-state index contributed by atoms with van der Waals surface area (Å²) in [6.07, 6.45) is 1.49. The molecule has 1 unspecified atom stereocenters. The van der Waals surface area contributed by atoms with E-state index in [0.29, 0.717) is 31.0 Å². The smallest absolute Gasteiger partial charge is 0.414 e. The molecule has 1 aliphatic heterocycles. The molecule has 10 heteroatoms. The highest BCUT2D eigenvalue weighted by Crippen LogP contribution is 2.29. The number of aromatic nitrogens is 1. The fourth-order valence-corrected chi connectivity index (χ4v) is 5.33. The molecule has 4 N–H and O–H groups in total. The van der Waals surface area contributed by atoms with E-state index in [0.717, 1.165) is 21.4 Å². The zero-order valence-electron chi connectivity index (χ0n) is 20.8. The topological polar surface area (TPSA) is 121 Å². The minimum absolute atomic E-state index is 0.0225. The van der Waals surface area contributed by atoms with Crippen molar-refractivity contribution in [2.24, 2.45) is 0 Å². The summed E-state index contributed by atoms with van der Waals surface area (Å²) in [5.41, 5.74) is 5.88. The van der Waals surface area contributed by atoms with Crippen LogP contribution in [0.2, 0.25) is 0 Å². The molecule has 2 amide bonds. The monoisotopic (exact) mass is 511 g/mol. The molecule has 3 aromatic rings. The molecule has 3 heterocycles. The SMILES string of the molecule is CC(C)(C)OC(=O)N(CC(O)N1CCC[C@H]1C(=O)NCc1cc2c(N)nccc2s1)c1ccccc1. The molecule has 0 spiro atoms. The van der Waals surface area contributed by atoms with Gasteiger partial charge < -0.3 is 20.9 Å². The molecule has 0 saturated carbocycles. The molecule has 36 heavy (non-hydrogen) atoms. The molecule has 1 aliphatic rings. The molecule has 192 valence electrons. The summed E-state index contributed by atoms with van der Waals surface area (Å²) in [5, 5.41) is 15.0. The van der Waals surface area contributed by atoms with Crippen LogP contribution in [-0.2, 0) is 16.1 Å². The van der Waals surface area contributed by atoms with E-state index in [4.69, 9.17) is 10.5 Å². The van der Waals surface area contributed by atoms with E-state index >= 15 is 0 Å². The van der Waals surface area contributed by atoms with Crippen molar-refractivity contribution in [2.45, 2.75) is 58.0 Å². The Hall–Kier alpha value is -3.21. The van der Waals surface area contributed by atoms with Crippen molar-refractivity contribution in [2.75, 3.05) is 23.7 Å². The number of amides is 2. The number of carbonyl (C=O) groups is 2. The Morgan fingerprint density at radius 3 is 2.75 bits per heavy atom. The molecular weight excluding hydrogens is 478 g/mol. The number of rotatable bonds is 7. The second kappa shape index (κ2) is 10.8. The van der Waals surface area contributed by atoms with Crippen LogP contribution >= 0.6 is 11.3 Å². The molecule has 1 saturated heterocycles. The van der Waals surface area contributed by atoms with E-state index in [2.05, 4.69) is 10.3 Å². The summed E-state index contributed by atoms with van der Waals surface area (Å²) in [6, 6.07) is 12.4. The maximum atomic E-state index is 13.1. The summed E-state index contributed by atoms with van der Waals surface area (Å²) in [7, 11) is 0. The van der Waals surface area contributed by atoms with Crippen LogP contribution < -0.4 is 16.0 Å². The van der Waals surface area contributed by atoms with Crippen LogP contribution in [0.3, 0.4) is 0 Å². The number of likely N-dealkylation sites (tertiary alicyclic amines) is 1. The first kappa shape index (κ1) is 25.9. The molecule has 1 fully saturated rings. The van der Waals surface area contributed by atoms with Crippen molar-refractivity contribution in [3.05, 3.63) is 53.5 Å². The Labute approximate surface area is 214 Å². The van der Waals surface area contributed by atoms with Gasteiger partial charge in [-0.2, -0.15) is 0 Å². The lowest BCUT2D eigenvalue weighted by Crippen LogP contribution is -2.52. The minimum Gasteiger partial charge on any atom is -0.443 e. The molecule has 0 radical (unpaired) electrons. The molecule has 2 atom stereocenters. The number of pyridine rings is 1. The summed E-state index contributed by atoms with van der Waals surface area (Å²) in [4.78, 5) is 34.3. The Morgan fingerprint density at radius 1 is 1.31 bits per heavy atom. The van der Waals surface area contributed by atoms with E-state index in [1.54, 1.807) is 55.3 Å². The molecule has 0 aliphatic carbocycles. The van der Waals surface area contributed by atoms with Crippen LogP contribution in [0, 0.1) is 0 Å². The zero-order valence-corrected chi connectivity index (χ0v) is 21.6. The van der Waals surface area contributed by atoms with Crippen molar-refractivity contribution in [1.29, 1.82) is 0 Å². The van der Waals surface area contributed by atoms with Crippen LogP contribution in [0.1, 0.15) is 38.5 Å². The van der Waals surface area contributed by atoms with E-state index in [1.807, 2.05) is 30.3 Å². The highest BCUT2D eigenvalue weighted by Gasteiger charge is 2.36. The van der Waals surface area contributed by atoms with Gasteiger partial charge in [-0.1, -0.05) is 18.2 Å². The van der Waals surface area contributed by atoms with Gasteiger partial charge in [-0.05, 0) is 57.9 Å². The summed E-state index contributed by atoms with van der Waals surface area (Å²) < 4.78 is 6.60. The number of aliphatic hydroxyl groups excluding tert-OH is 1. The van der Waals surface area contributed by atoms with Crippen molar-refractivity contribution in [3.8, 4) is 0 Å². The van der Waals surface area contributed by atoms with Gasteiger partial charge in [0.05, 0.1) is 19.1 Å². The first-order chi connectivity index (χ1) is 17.1. The highest BCUT2D eigenvalue weighted by atomic mass is 32.1. The third-order valence-corrected chi connectivity index (χ3v) is 7.07. The Balaban J connectivity index is 1.42. The van der Waals surface area contributed by atoms with Crippen LogP contribution in [-0.4, -0.2) is 58.0 Å². The lowest BCUT2D eigenvalue weighted by atomic mass is 10.2. The first-order valence-corrected chi connectivity index (χ1v) is 12.8. The normalized spacial score (nSPS) is 17.2. The number of carbonyl (C=O) groups excluding carboxylic acids is 2. The predicted octanol–water partition coefficient (Wildman–Crippen LogP) is 3.72. The predicted molar refractivity (Wildman–Crippen MR) is 142 cm³/mol. The summed E-state index contributed by atoms with van der Waals surface area (Å²) >= 11 is 1.56. The van der Waals surface area contributed by atoms with Crippen LogP contribution in [0.15, 0.2) is 48.7 Å². The average Bonchev–Trinajstić information content (AvgIpc) is 3.48. The van der Waals surface area contributed by atoms with Crippen molar-refractivity contribution < 1.29 is 19.4 Å². The van der Waals surface area contributed by atoms with Crippen LogP contribution in [0.4, 0.5) is 16.3 Å². The quantitative estimate of drug-likeness (QED) is 0.442. The van der Waals surface area contributed by atoms with Gasteiger partial charge in [-0.25, -0.2) is 9.78 Å². The van der Waals surface area contributed by atoms with Crippen LogP contribution in [0.25, 0.3) is 10.1 Å². The number of benzene rings is 1. The number of hydrogen-bond donors (Lipinski definition) is 3. The fraction of sp³-hybridized carbons (Fsp3) is 0.423. The number of thiophene rings is 1. The minimum atomic E-state index is -1.04. The number of nitrogens with two attached hydrogens (primary N) is 1. The molecular formula is C26H33N5O4S. The molecule has 9 nitrogen and oxygen atoms in total. The number of aliphatic hydroxyl groups is 1. The number of nitrogens with one attached hydrogen (secondary N) is 1. The Kier molecular flexibility index (Phi) is 7.77. The third kappa shape index (κ3) is 6.13. The van der Waals surface area contributed by atoms with Gasteiger partial charge >= 0.3 is 6.09 Å². The van der Waals surface area contributed by atoms with Gasteiger partial charge in [0.2, 0.25) is 5.91 Å². The molecule has 0 bridgehead atoms. The average molecular weight is 512 g/mol. The van der Waals surface area contributed by atoms with Gasteiger partial charge in [0, 0.05) is 33.4 Å².